The summed E-state index contributed by atoms with van der Waals surface area (Å²) in [6.07, 6.45) is 1.41. The molecule has 0 saturated carbocycles. The predicted molar refractivity (Wildman–Crippen MR) is 101 cm³/mol. The molecular formula is C19H14BrFN2O5. The molecule has 9 heteroatoms. The third-order valence-electron chi connectivity index (χ3n) is 3.83. The number of carbonyl (C=O) groups is 3. The lowest BCUT2D eigenvalue weighted by molar-refractivity contribution is -0.140. The van der Waals surface area contributed by atoms with Crippen LogP contribution in [0, 0.1) is 5.82 Å². The summed E-state index contributed by atoms with van der Waals surface area (Å²) in [5, 5.41) is 11.2. The van der Waals surface area contributed by atoms with Crippen LogP contribution in [0.3, 0.4) is 0 Å². The van der Waals surface area contributed by atoms with Crippen molar-refractivity contribution in [1.82, 2.24) is 10.2 Å². The van der Waals surface area contributed by atoms with Crippen LogP contribution in [-0.4, -0.2) is 34.5 Å². The van der Waals surface area contributed by atoms with Crippen molar-refractivity contribution in [1.29, 1.82) is 0 Å². The molecule has 0 aliphatic carbocycles. The summed E-state index contributed by atoms with van der Waals surface area (Å²) in [6.45, 7) is -0.558. The van der Waals surface area contributed by atoms with Gasteiger partial charge in [-0.05, 0) is 42.0 Å². The fourth-order valence-electron chi connectivity index (χ4n) is 2.51. The largest absolute Gasteiger partial charge is 0.488 e. The second-order valence-electron chi connectivity index (χ2n) is 5.87. The van der Waals surface area contributed by atoms with Crippen LogP contribution in [0.15, 0.2) is 52.6 Å². The number of urea groups is 1. The van der Waals surface area contributed by atoms with Gasteiger partial charge in [0.05, 0.1) is 0 Å². The van der Waals surface area contributed by atoms with Crippen molar-refractivity contribution >= 4 is 39.9 Å². The van der Waals surface area contributed by atoms with Crippen LogP contribution in [0.4, 0.5) is 9.18 Å². The summed E-state index contributed by atoms with van der Waals surface area (Å²) >= 11 is 3.33. The summed E-state index contributed by atoms with van der Waals surface area (Å²) in [5.41, 5.74) is 1.19. The van der Waals surface area contributed by atoms with Gasteiger partial charge in [-0.2, -0.15) is 0 Å². The van der Waals surface area contributed by atoms with Gasteiger partial charge < -0.3 is 15.2 Å². The molecule has 1 fully saturated rings. The molecule has 0 atom stereocenters. The molecule has 0 radical (unpaired) electrons. The molecule has 1 aliphatic heterocycles. The fourth-order valence-corrected chi connectivity index (χ4v) is 2.89. The highest BCUT2D eigenvalue weighted by Gasteiger charge is 2.35. The number of hydrogen-bond donors (Lipinski definition) is 2. The molecule has 0 spiro atoms. The number of amides is 3. The van der Waals surface area contributed by atoms with Gasteiger partial charge in [0.1, 0.15) is 30.4 Å². The van der Waals surface area contributed by atoms with Gasteiger partial charge in [-0.15, -0.1) is 0 Å². The average molecular weight is 449 g/mol. The maximum absolute atomic E-state index is 13.0. The molecule has 0 unspecified atom stereocenters. The molecular weight excluding hydrogens is 435 g/mol. The molecule has 2 aromatic carbocycles. The van der Waals surface area contributed by atoms with Gasteiger partial charge in [0.15, 0.2) is 0 Å². The predicted octanol–water partition coefficient (Wildman–Crippen LogP) is 3.14. The molecule has 1 aliphatic rings. The second kappa shape index (κ2) is 8.22. The highest BCUT2D eigenvalue weighted by Crippen LogP contribution is 2.27. The SMILES string of the molecule is O=C(O)CN1C(=O)N/C(=C/c2cc(Br)ccc2OCc2ccc(F)cc2)C1=O. The molecule has 28 heavy (non-hydrogen) atoms. The monoisotopic (exact) mass is 448 g/mol. The molecule has 7 nitrogen and oxygen atoms in total. The van der Waals surface area contributed by atoms with Gasteiger partial charge in [0, 0.05) is 10.0 Å². The molecule has 2 aromatic rings. The first-order valence-electron chi connectivity index (χ1n) is 8.06. The van der Waals surface area contributed by atoms with Gasteiger partial charge >= 0.3 is 12.0 Å². The van der Waals surface area contributed by atoms with Crippen molar-refractivity contribution in [3.8, 4) is 5.75 Å². The van der Waals surface area contributed by atoms with Crippen molar-refractivity contribution < 1.29 is 28.6 Å². The lowest BCUT2D eigenvalue weighted by Crippen LogP contribution is -2.35. The molecule has 0 aromatic heterocycles. The van der Waals surface area contributed by atoms with E-state index in [1.165, 1.54) is 18.2 Å². The van der Waals surface area contributed by atoms with Gasteiger partial charge in [-0.25, -0.2) is 14.1 Å². The minimum atomic E-state index is -1.30. The number of halogens is 2. The van der Waals surface area contributed by atoms with Crippen LogP contribution in [0.25, 0.3) is 6.08 Å². The quantitative estimate of drug-likeness (QED) is 0.522. The number of imide groups is 1. The first-order chi connectivity index (χ1) is 13.3. The number of nitrogens with one attached hydrogen (secondary N) is 1. The molecule has 0 bridgehead atoms. The number of rotatable bonds is 6. The van der Waals surface area contributed by atoms with Gasteiger partial charge in [0.2, 0.25) is 0 Å². The molecule has 3 rings (SSSR count). The van der Waals surface area contributed by atoms with Crippen molar-refractivity contribution in [2.24, 2.45) is 0 Å². The van der Waals surface area contributed by atoms with E-state index in [2.05, 4.69) is 21.2 Å². The van der Waals surface area contributed by atoms with Crippen molar-refractivity contribution in [2.75, 3.05) is 6.54 Å². The van der Waals surface area contributed by atoms with E-state index in [1.54, 1.807) is 30.3 Å². The van der Waals surface area contributed by atoms with Crippen LogP contribution in [-0.2, 0) is 16.2 Å². The van der Waals surface area contributed by atoms with Crippen molar-refractivity contribution in [2.45, 2.75) is 6.61 Å². The summed E-state index contributed by atoms with van der Waals surface area (Å²) in [6, 6.07) is 10.1. The zero-order valence-corrected chi connectivity index (χ0v) is 15.9. The van der Waals surface area contributed by atoms with Crippen LogP contribution in [0.5, 0.6) is 5.75 Å². The van der Waals surface area contributed by atoms with E-state index >= 15 is 0 Å². The number of nitrogens with zero attached hydrogens (tertiary/aromatic N) is 1. The maximum atomic E-state index is 13.0. The van der Waals surface area contributed by atoms with Crippen LogP contribution < -0.4 is 10.1 Å². The van der Waals surface area contributed by atoms with Crippen molar-refractivity contribution in [3.63, 3.8) is 0 Å². The normalized spacial score (nSPS) is 15.1. The Labute approximate surface area is 167 Å². The average Bonchev–Trinajstić information content (AvgIpc) is 2.89. The summed E-state index contributed by atoms with van der Waals surface area (Å²) < 4.78 is 19.5. The van der Waals surface area contributed by atoms with Crippen LogP contribution in [0.2, 0.25) is 0 Å². The van der Waals surface area contributed by atoms with Gasteiger partial charge in [0.25, 0.3) is 5.91 Å². The second-order valence-corrected chi connectivity index (χ2v) is 6.79. The van der Waals surface area contributed by atoms with E-state index in [9.17, 15) is 18.8 Å². The number of carbonyl (C=O) groups excluding carboxylic acids is 2. The summed E-state index contributed by atoms with van der Waals surface area (Å²) in [4.78, 5) is 35.5. The topological polar surface area (TPSA) is 95.9 Å². The van der Waals surface area contributed by atoms with E-state index in [-0.39, 0.29) is 18.1 Å². The minimum Gasteiger partial charge on any atom is -0.488 e. The summed E-state index contributed by atoms with van der Waals surface area (Å²) in [5.74, 6) is -1.95. The van der Waals surface area contributed by atoms with Crippen LogP contribution >= 0.6 is 15.9 Å². The van der Waals surface area contributed by atoms with E-state index in [1.807, 2.05) is 0 Å². The Bertz CT molecular complexity index is 975. The molecule has 2 N–H and O–H groups in total. The number of benzene rings is 2. The number of ether oxygens (including phenoxy) is 1. The highest BCUT2D eigenvalue weighted by atomic mass is 79.9. The number of carboxylic acid groups (broad SMARTS) is 1. The Balaban J connectivity index is 1.83. The van der Waals surface area contributed by atoms with E-state index in [4.69, 9.17) is 9.84 Å². The Morgan fingerprint density at radius 3 is 2.61 bits per heavy atom. The molecule has 3 amide bonds. The standard InChI is InChI=1S/C19H14BrFN2O5/c20-13-3-6-16(28-10-11-1-4-14(21)5-2-11)12(7-13)8-15-18(26)23(9-17(24)25)19(27)22-15/h1-8H,9-10H2,(H,22,27)(H,24,25)/b15-8+. The van der Waals surface area contributed by atoms with Crippen LogP contribution in [0.1, 0.15) is 11.1 Å². The number of aliphatic carboxylic acids is 1. The molecule has 144 valence electrons. The minimum absolute atomic E-state index is 0.0593. The molecule has 1 heterocycles. The first-order valence-corrected chi connectivity index (χ1v) is 8.86. The lowest BCUT2D eigenvalue weighted by Gasteiger charge is -2.11. The number of carboxylic acids is 1. The Kier molecular flexibility index (Phi) is 5.74. The number of hydrogen-bond acceptors (Lipinski definition) is 4. The third kappa shape index (κ3) is 4.55. The Hall–Kier alpha value is -3.20. The summed E-state index contributed by atoms with van der Waals surface area (Å²) in [7, 11) is 0. The smallest absolute Gasteiger partial charge is 0.329 e. The third-order valence-corrected chi connectivity index (χ3v) is 4.33. The van der Waals surface area contributed by atoms with E-state index in [0.717, 1.165) is 5.56 Å². The maximum Gasteiger partial charge on any atom is 0.329 e. The van der Waals surface area contributed by atoms with Crippen molar-refractivity contribution in [3.05, 3.63) is 69.6 Å². The van der Waals surface area contributed by atoms with Gasteiger partial charge in [-0.1, -0.05) is 28.1 Å². The highest BCUT2D eigenvalue weighted by molar-refractivity contribution is 9.10. The zero-order valence-electron chi connectivity index (χ0n) is 14.3. The zero-order chi connectivity index (χ0) is 20.3. The van der Waals surface area contributed by atoms with E-state index < -0.39 is 24.5 Å². The Morgan fingerprint density at radius 2 is 1.93 bits per heavy atom. The fraction of sp³-hybridized carbons (Fsp3) is 0.105. The molecule has 1 saturated heterocycles. The van der Waals surface area contributed by atoms with Gasteiger partial charge in [-0.3, -0.25) is 9.59 Å². The first kappa shape index (κ1) is 19.6. The Morgan fingerprint density at radius 1 is 1.21 bits per heavy atom. The lowest BCUT2D eigenvalue weighted by atomic mass is 10.1. The van der Waals surface area contributed by atoms with E-state index in [0.29, 0.717) is 20.7 Å².